The lowest BCUT2D eigenvalue weighted by molar-refractivity contribution is -0.118. The maximum Gasteiger partial charge on any atom is 0.262 e. The molecule has 32 heavy (non-hydrogen) atoms. The molecule has 3 aromatic carbocycles. The molecule has 0 aliphatic carbocycles. The minimum Gasteiger partial charge on any atom is -0.484 e. The summed E-state index contributed by atoms with van der Waals surface area (Å²) in [5.74, 6) is 0.479. The van der Waals surface area contributed by atoms with E-state index in [2.05, 4.69) is 10.3 Å². The minimum absolute atomic E-state index is 0.101. The molecule has 1 N–H and O–H groups in total. The monoisotopic (exact) mass is 426 g/mol. The van der Waals surface area contributed by atoms with Crippen molar-refractivity contribution >= 4 is 34.2 Å². The van der Waals surface area contributed by atoms with E-state index in [4.69, 9.17) is 4.74 Å². The second kappa shape index (κ2) is 8.55. The fourth-order valence-corrected chi connectivity index (χ4v) is 3.86. The quantitative estimate of drug-likeness (QED) is 0.502. The molecule has 0 spiro atoms. The van der Waals surface area contributed by atoms with Crippen LogP contribution < -0.4 is 15.0 Å². The molecule has 1 aliphatic heterocycles. The van der Waals surface area contributed by atoms with Gasteiger partial charge < -0.3 is 15.0 Å². The Labute approximate surface area is 185 Å². The lowest BCUT2D eigenvalue weighted by atomic mass is 10.2. The van der Waals surface area contributed by atoms with Gasteiger partial charge in [0.15, 0.2) is 6.61 Å². The highest BCUT2D eigenvalue weighted by Gasteiger charge is 2.21. The van der Waals surface area contributed by atoms with Crippen LogP contribution >= 0.6 is 0 Å². The zero-order valence-electron chi connectivity index (χ0n) is 17.4. The molecule has 1 fully saturated rings. The predicted octanol–water partition coefficient (Wildman–Crippen LogP) is 4.17. The lowest BCUT2D eigenvalue weighted by Crippen LogP contribution is -2.23. The SMILES string of the molecule is O=C(COc1ccc(N2CCCC2=O)cc1)Nc1ccc(-n2cnc3ccccc32)cc1. The van der Waals surface area contributed by atoms with Crippen LogP contribution in [0.3, 0.4) is 0 Å². The number of imidazole rings is 1. The molecule has 4 aromatic rings. The van der Waals surface area contributed by atoms with Gasteiger partial charge in [-0.25, -0.2) is 4.98 Å². The fraction of sp³-hybridized carbons (Fsp3) is 0.160. The first-order valence-electron chi connectivity index (χ1n) is 10.5. The molecule has 7 heteroatoms. The highest BCUT2D eigenvalue weighted by atomic mass is 16.5. The van der Waals surface area contributed by atoms with E-state index in [1.165, 1.54) is 0 Å². The van der Waals surface area contributed by atoms with Gasteiger partial charge >= 0.3 is 0 Å². The summed E-state index contributed by atoms with van der Waals surface area (Å²) in [7, 11) is 0. The third kappa shape index (κ3) is 4.05. The zero-order valence-corrected chi connectivity index (χ0v) is 17.4. The number of amides is 2. The van der Waals surface area contributed by atoms with Crippen LogP contribution in [0, 0.1) is 0 Å². The van der Waals surface area contributed by atoms with Crippen LogP contribution in [0.25, 0.3) is 16.7 Å². The number of carbonyl (C=O) groups is 2. The van der Waals surface area contributed by atoms with E-state index in [0.717, 1.165) is 35.4 Å². The summed E-state index contributed by atoms with van der Waals surface area (Å²) in [5.41, 5.74) is 4.47. The molecule has 0 saturated carbocycles. The van der Waals surface area contributed by atoms with Crippen LogP contribution in [-0.2, 0) is 9.59 Å². The summed E-state index contributed by atoms with van der Waals surface area (Å²) in [5, 5.41) is 2.84. The molecule has 1 saturated heterocycles. The summed E-state index contributed by atoms with van der Waals surface area (Å²) in [6.07, 6.45) is 3.27. The Balaban J connectivity index is 1.17. The second-order valence-corrected chi connectivity index (χ2v) is 7.63. The highest BCUT2D eigenvalue weighted by molar-refractivity contribution is 5.95. The van der Waals surface area contributed by atoms with Crippen molar-refractivity contribution in [2.45, 2.75) is 12.8 Å². The van der Waals surface area contributed by atoms with Crippen molar-refractivity contribution < 1.29 is 14.3 Å². The zero-order chi connectivity index (χ0) is 21.9. The number of fused-ring (bicyclic) bond motifs is 1. The van der Waals surface area contributed by atoms with E-state index in [-0.39, 0.29) is 18.4 Å². The number of anilines is 2. The normalized spacial score (nSPS) is 13.5. The number of rotatable bonds is 6. The third-order valence-corrected chi connectivity index (χ3v) is 5.47. The molecule has 5 rings (SSSR count). The number of hydrogen-bond acceptors (Lipinski definition) is 4. The number of nitrogens with one attached hydrogen (secondary N) is 1. The van der Waals surface area contributed by atoms with E-state index in [1.54, 1.807) is 23.4 Å². The van der Waals surface area contributed by atoms with Crippen molar-refractivity contribution in [3.05, 3.63) is 79.1 Å². The molecule has 7 nitrogen and oxygen atoms in total. The number of carbonyl (C=O) groups excluding carboxylic acids is 2. The molecule has 0 unspecified atom stereocenters. The van der Waals surface area contributed by atoms with Gasteiger partial charge in [0.1, 0.15) is 12.1 Å². The fourth-order valence-electron chi connectivity index (χ4n) is 3.86. The van der Waals surface area contributed by atoms with Gasteiger partial charge in [0.2, 0.25) is 5.91 Å². The molecule has 0 atom stereocenters. The summed E-state index contributed by atoms with van der Waals surface area (Å²) in [6.45, 7) is 0.646. The molecule has 1 aliphatic rings. The number of aromatic nitrogens is 2. The third-order valence-electron chi connectivity index (χ3n) is 5.47. The Hall–Kier alpha value is -4.13. The van der Waals surface area contributed by atoms with Gasteiger partial charge in [-0.1, -0.05) is 12.1 Å². The van der Waals surface area contributed by atoms with Gasteiger partial charge in [-0.15, -0.1) is 0 Å². The van der Waals surface area contributed by atoms with Crippen LogP contribution in [0.4, 0.5) is 11.4 Å². The summed E-state index contributed by atoms with van der Waals surface area (Å²) >= 11 is 0. The molecular weight excluding hydrogens is 404 g/mol. The van der Waals surface area contributed by atoms with E-state index >= 15 is 0 Å². The van der Waals surface area contributed by atoms with Crippen LogP contribution in [0.5, 0.6) is 5.75 Å². The largest absolute Gasteiger partial charge is 0.484 e. The van der Waals surface area contributed by atoms with Crippen molar-refractivity contribution in [2.24, 2.45) is 0 Å². The Kier molecular flexibility index (Phi) is 5.29. The van der Waals surface area contributed by atoms with Gasteiger partial charge in [-0.2, -0.15) is 0 Å². The topological polar surface area (TPSA) is 76.5 Å². The number of hydrogen-bond donors (Lipinski definition) is 1. The molecular formula is C25H22N4O3. The lowest BCUT2D eigenvalue weighted by Gasteiger charge is -2.16. The van der Waals surface area contributed by atoms with Gasteiger partial charge in [0.05, 0.1) is 11.0 Å². The standard InChI is InChI=1S/C25H22N4O3/c30-24(16-32-21-13-11-19(12-14-21)28-15-3-6-25(28)31)27-18-7-9-20(10-8-18)29-17-26-22-4-1-2-5-23(22)29/h1-2,4-5,7-14,17H,3,6,15-16H2,(H,27,30). The molecule has 1 aromatic heterocycles. The van der Waals surface area contributed by atoms with Crippen LogP contribution in [0.2, 0.25) is 0 Å². The van der Waals surface area contributed by atoms with Gasteiger partial charge in [0, 0.05) is 30.0 Å². The molecule has 160 valence electrons. The van der Waals surface area contributed by atoms with Crippen molar-refractivity contribution in [1.82, 2.24) is 9.55 Å². The van der Waals surface area contributed by atoms with Crippen molar-refractivity contribution in [3.8, 4) is 11.4 Å². The number of benzene rings is 3. The van der Waals surface area contributed by atoms with Gasteiger partial charge in [0.25, 0.3) is 5.91 Å². The smallest absolute Gasteiger partial charge is 0.262 e. The number of para-hydroxylation sites is 2. The maximum atomic E-state index is 12.3. The first kappa shape index (κ1) is 19.8. The van der Waals surface area contributed by atoms with Crippen molar-refractivity contribution in [1.29, 1.82) is 0 Å². The molecule has 0 bridgehead atoms. The van der Waals surface area contributed by atoms with Crippen LogP contribution in [0.1, 0.15) is 12.8 Å². The summed E-state index contributed by atoms with van der Waals surface area (Å²) in [6, 6.07) is 22.7. The average Bonchev–Trinajstić information content (AvgIpc) is 3.45. The molecule has 2 heterocycles. The Morgan fingerprint density at radius 2 is 1.72 bits per heavy atom. The van der Waals surface area contributed by atoms with Gasteiger partial charge in [-0.3, -0.25) is 14.2 Å². The average molecular weight is 426 g/mol. The van der Waals surface area contributed by atoms with E-state index in [0.29, 0.717) is 17.9 Å². The predicted molar refractivity (Wildman–Crippen MR) is 123 cm³/mol. The molecule has 0 radical (unpaired) electrons. The van der Waals surface area contributed by atoms with E-state index < -0.39 is 0 Å². The first-order valence-corrected chi connectivity index (χ1v) is 10.5. The number of ether oxygens (including phenoxy) is 1. The van der Waals surface area contributed by atoms with Crippen LogP contribution in [-0.4, -0.2) is 34.5 Å². The van der Waals surface area contributed by atoms with Crippen molar-refractivity contribution in [3.63, 3.8) is 0 Å². The van der Waals surface area contributed by atoms with Crippen molar-refractivity contribution in [2.75, 3.05) is 23.4 Å². The summed E-state index contributed by atoms with van der Waals surface area (Å²) in [4.78, 5) is 30.3. The van der Waals surface area contributed by atoms with Crippen LogP contribution in [0.15, 0.2) is 79.1 Å². The minimum atomic E-state index is -0.246. The first-order chi connectivity index (χ1) is 15.7. The highest BCUT2D eigenvalue weighted by Crippen LogP contribution is 2.24. The maximum absolute atomic E-state index is 12.3. The second-order valence-electron chi connectivity index (χ2n) is 7.63. The van der Waals surface area contributed by atoms with E-state index in [1.807, 2.05) is 65.2 Å². The van der Waals surface area contributed by atoms with Gasteiger partial charge in [-0.05, 0) is 67.1 Å². The Morgan fingerprint density at radius 1 is 0.969 bits per heavy atom. The molecule has 2 amide bonds. The van der Waals surface area contributed by atoms with E-state index in [9.17, 15) is 9.59 Å². The summed E-state index contributed by atoms with van der Waals surface area (Å²) < 4.78 is 7.59. The Bertz CT molecular complexity index is 1260. The Morgan fingerprint density at radius 3 is 2.47 bits per heavy atom. The number of nitrogens with zero attached hydrogens (tertiary/aromatic N) is 3.